The lowest BCUT2D eigenvalue weighted by atomic mass is 9.98. The van der Waals surface area contributed by atoms with Crippen molar-refractivity contribution in [1.29, 1.82) is 0 Å². The highest BCUT2D eigenvalue weighted by Crippen LogP contribution is 2.28. The fraction of sp³-hybridized carbons (Fsp3) is 0. The molecule has 0 fully saturated rings. The molecule has 3 heteroatoms. The molecule has 0 aliphatic heterocycles. The van der Waals surface area contributed by atoms with E-state index in [9.17, 15) is 0 Å². The summed E-state index contributed by atoms with van der Waals surface area (Å²) < 4.78 is 2.18. The van der Waals surface area contributed by atoms with Crippen LogP contribution in [0.3, 0.4) is 0 Å². The normalized spacial score (nSPS) is 11.5. The van der Waals surface area contributed by atoms with Gasteiger partial charge in [-0.1, -0.05) is 153 Å². The second kappa shape index (κ2) is 10.3. The maximum Gasteiger partial charge on any atom is 0.179 e. The Morgan fingerprint density at radius 3 is 1.43 bits per heavy atom. The highest BCUT2D eigenvalue weighted by molar-refractivity contribution is 9.10. The van der Waals surface area contributed by atoms with Crippen molar-refractivity contribution >= 4 is 71.5 Å². The van der Waals surface area contributed by atoms with Crippen molar-refractivity contribution in [2.45, 2.75) is 0 Å². The molecule has 0 saturated carbocycles. The van der Waals surface area contributed by atoms with Crippen LogP contribution in [0.4, 0.5) is 0 Å². The fourth-order valence-electron chi connectivity index (χ4n) is 5.46. The first-order chi connectivity index (χ1) is 18.2. The van der Waals surface area contributed by atoms with Gasteiger partial charge in [0.15, 0.2) is 8.07 Å². The van der Waals surface area contributed by atoms with Crippen molar-refractivity contribution in [2.24, 2.45) is 0 Å². The zero-order valence-corrected chi connectivity index (χ0v) is 24.3. The first-order valence-electron chi connectivity index (χ1n) is 12.3. The lowest BCUT2D eigenvalue weighted by Gasteiger charge is -2.34. The summed E-state index contributed by atoms with van der Waals surface area (Å²) >= 11 is 7.31. The molecule has 6 aromatic carbocycles. The Bertz CT molecular complexity index is 1610. The lowest BCUT2D eigenvalue weighted by molar-refractivity contribution is 1.62. The van der Waals surface area contributed by atoms with Crippen LogP contribution < -0.4 is 20.7 Å². The molecule has 0 aliphatic carbocycles. The van der Waals surface area contributed by atoms with Crippen molar-refractivity contribution in [1.82, 2.24) is 0 Å². The third-order valence-electron chi connectivity index (χ3n) is 7.18. The maximum atomic E-state index is 3.65. The van der Waals surface area contributed by atoms with Crippen LogP contribution in [-0.4, -0.2) is 8.07 Å². The molecule has 0 spiro atoms. The number of hydrogen-bond acceptors (Lipinski definition) is 0. The molecule has 0 aromatic heterocycles. The maximum absolute atomic E-state index is 3.65. The van der Waals surface area contributed by atoms with Gasteiger partial charge < -0.3 is 0 Å². The Balaban J connectivity index is 1.61. The fourth-order valence-corrected chi connectivity index (χ4v) is 10.7. The molecule has 0 nitrogen and oxygen atoms in total. The molecule has 0 saturated heterocycles. The number of rotatable bonds is 5. The van der Waals surface area contributed by atoms with Crippen molar-refractivity contribution in [3.05, 3.63) is 155 Å². The minimum Gasteiger partial charge on any atom is -0.0623 e. The molecule has 0 heterocycles. The van der Waals surface area contributed by atoms with Gasteiger partial charge in [-0.2, -0.15) is 0 Å². The van der Waals surface area contributed by atoms with E-state index in [0.717, 1.165) is 8.95 Å². The average Bonchev–Trinajstić information content (AvgIpc) is 2.96. The van der Waals surface area contributed by atoms with Gasteiger partial charge in [-0.3, -0.25) is 0 Å². The zero-order chi connectivity index (χ0) is 25.2. The highest BCUT2D eigenvalue weighted by atomic mass is 79.9. The van der Waals surface area contributed by atoms with Crippen molar-refractivity contribution in [2.75, 3.05) is 0 Å². The van der Waals surface area contributed by atoms with Gasteiger partial charge in [-0.15, -0.1) is 0 Å². The van der Waals surface area contributed by atoms with Crippen LogP contribution in [0.15, 0.2) is 155 Å². The van der Waals surface area contributed by atoms with Gasteiger partial charge in [0.1, 0.15) is 0 Å². The third-order valence-corrected chi connectivity index (χ3v) is 13.0. The summed E-state index contributed by atoms with van der Waals surface area (Å²) in [6.07, 6.45) is 0. The van der Waals surface area contributed by atoms with Crippen molar-refractivity contribution < 1.29 is 0 Å². The van der Waals surface area contributed by atoms with Crippen LogP contribution in [0.25, 0.3) is 21.9 Å². The topological polar surface area (TPSA) is 0 Å². The van der Waals surface area contributed by atoms with Gasteiger partial charge in [0, 0.05) is 8.95 Å². The van der Waals surface area contributed by atoms with E-state index in [0.29, 0.717) is 0 Å². The van der Waals surface area contributed by atoms with Crippen LogP contribution in [0.1, 0.15) is 0 Å². The first kappa shape index (κ1) is 24.1. The van der Waals surface area contributed by atoms with E-state index in [2.05, 4.69) is 177 Å². The molecule has 0 radical (unpaired) electrons. The quantitative estimate of drug-likeness (QED) is 0.139. The van der Waals surface area contributed by atoms with E-state index in [-0.39, 0.29) is 0 Å². The molecule has 0 bridgehead atoms. The van der Waals surface area contributed by atoms with E-state index in [4.69, 9.17) is 0 Å². The molecule has 0 aliphatic rings. The van der Waals surface area contributed by atoms with Gasteiger partial charge in [0.05, 0.1) is 0 Å². The highest BCUT2D eigenvalue weighted by Gasteiger charge is 2.41. The second-order valence-corrected chi connectivity index (χ2v) is 14.9. The van der Waals surface area contributed by atoms with Gasteiger partial charge in [-0.25, -0.2) is 0 Å². The Hall–Kier alpha value is -3.24. The van der Waals surface area contributed by atoms with E-state index < -0.39 is 8.07 Å². The summed E-state index contributed by atoms with van der Waals surface area (Å²) in [4.78, 5) is 0. The van der Waals surface area contributed by atoms with Gasteiger partial charge in [-0.05, 0) is 66.9 Å². The van der Waals surface area contributed by atoms with Crippen LogP contribution in [0.5, 0.6) is 0 Å². The minimum atomic E-state index is -2.57. The summed E-state index contributed by atoms with van der Waals surface area (Å²) in [6.45, 7) is 0. The Morgan fingerprint density at radius 2 is 0.838 bits per heavy atom. The van der Waals surface area contributed by atoms with Gasteiger partial charge >= 0.3 is 0 Å². The Morgan fingerprint density at radius 1 is 0.378 bits per heavy atom. The molecule has 6 aromatic rings. The molecule has 0 N–H and O–H groups in total. The lowest BCUT2D eigenvalue weighted by Crippen LogP contribution is -2.74. The zero-order valence-electron chi connectivity index (χ0n) is 20.1. The summed E-state index contributed by atoms with van der Waals surface area (Å²) in [5.41, 5.74) is 2.51. The third kappa shape index (κ3) is 4.42. The molecule has 0 amide bonds. The smallest absolute Gasteiger partial charge is 0.0623 e. The van der Waals surface area contributed by atoms with Crippen LogP contribution in [-0.2, 0) is 0 Å². The molecule has 0 atom stereocenters. The Kier molecular flexibility index (Phi) is 6.68. The number of hydrogen-bond donors (Lipinski definition) is 0. The first-order valence-corrected chi connectivity index (χ1v) is 15.9. The molecule has 37 heavy (non-hydrogen) atoms. The van der Waals surface area contributed by atoms with Gasteiger partial charge in [0.2, 0.25) is 0 Å². The number of halogens is 2. The molecular formula is C34H24Br2Si. The van der Waals surface area contributed by atoms with E-state index in [1.807, 2.05) is 0 Å². The molecular weight excluding hydrogens is 596 g/mol. The predicted molar refractivity (Wildman–Crippen MR) is 168 cm³/mol. The molecule has 6 rings (SSSR count). The molecule has 178 valence electrons. The number of benzene rings is 6. The summed E-state index contributed by atoms with van der Waals surface area (Å²) in [7, 11) is -2.57. The minimum absolute atomic E-state index is 1.09. The average molecular weight is 620 g/mol. The largest absolute Gasteiger partial charge is 0.179 e. The summed E-state index contributed by atoms with van der Waals surface area (Å²) in [5, 5.41) is 8.01. The van der Waals surface area contributed by atoms with Crippen LogP contribution in [0, 0.1) is 0 Å². The Labute approximate surface area is 235 Å². The van der Waals surface area contributed by atoms with Gasteiger partial charge in [0.25, 0.3) is 0 Å². The monoisotopic (exact) mass is 618 g/mol. The predicted octanol–water partition coefficient (Wildman–Crippen LogP) is 7.41. The van der Waals surface area contributed by atoms with E-state index in [1.54, 1.807) is 0 Å². The summed E-state index contributed by atoms with van der Waals surface area (Å²) in [5.74, 6) is 0. The van der Waals surface area contributed by atoms with Crippen molar-refractivity contribution in [3.63, 3.8) is 0 Å². The number of fused-ring (bicyclic) bond motifs is 1. The van der Waals surface area contributed by atoms with Crippen LogP contribution >= 0.6 is 31.9 Å². The van der Waals surface area contributed by atoms with Crippen LogP contribution in [0.2, 0.25) is 0 Å². The van der Waals surface area contributed by atoms with E-state index >= 15 is 0 Å². The molecule has 0 unspecified atom stereocenters. The standard InChI is InChI=1S/C34H24Br2Si/c35-27-15-21-31(22-16-27)37(29-9-2-1-3-10-29,32-23-17-28(36)18-24-32)30-19-13-26(14-20-30)34-12-6-8-25-7-4-5-11-33(25)34/h1-24H. The SMILES string of the molecule is Brc1ccc([Si](c2ccccc2)(c2ccc(Br)cc2)c2ccc(-c3cccc4ccccc34)cc2)cc1. The van der Waals surface area contributed by atoms with Crippen molar-refractivity contribution in [3.8, 4) is 11.1 Å². The second-order valence-electron chi connectivity index (χ2n) is 9.23. The summed E-state index contributed by atoms with van der Waals surface area (Å²) in [6, 6.07) is 53.4. The van der Waals surface area contributed by atoms with E-state index in [1.165, 1.54) is 42.6 Å².